The maximum Gasteiger partial charge on any atom is 0.100 e. The number of rotatable bonds is 9. The van der Waals surface area contributed by atoms with Gasteiger partial charge in [-0.15, -0.1) is 0 Å². The highest BCUT2D eigenvalue weighted by Crippen LogP contribution is 2.11. The molecular formula is C16H20N2O4-2. The molecule has 0 saturated heterocycles. The van der Waals surface area contributed by atoms with E-state index in [2.05, 4.69) is 13.5 Å². The monoisotopic (exact) mass is 304 g/mol. The van der Waals surface area contributed by atoms with E-state index in [4.69, 9.17) is 10.5 Å². The third kappa shape index (κ3) is 13.8. The molecule has 0 N–H and O–H groups in total. The van der Waals surface area contributed by atoms with Crippen LogP contribution in [0.4, 0.5) is 0 Å². The second-order valence-corrected chi connectivity index (χ2v) is 4.48. The summed E-state index contributed by atoms with van der Waals surface area (Å²) in [6.45, 7) is 5.01. The Hall–Kier alpha value is -2.60. The molecule has 0 radical (unpaired) electrons. The van der Waals surface area contributed by atoms with Crippen LogP contribution in [0.3, 0.4) is 0 Å². The molecule has 0 unspecified atom stereocenters. The van der Waals surface area contributed by atoms with Gasteiger partial charge < -0.3 is 19.8 Å². The summed E-state index contributed by atoms with van der Waals surface area (Å²) in [5.74, 6) is -2.73. The van der Waals surface area contributed by atoms with Crippen LogP contribution in [0.2, 0.25) is 0 Å². The maximum absolute atomic E-state index is 10.5. The predicted octanol–water partition coefficient (Wildman–Crippen LogP) is 0.753. The molecule has 0 atom stereocenters. The fourth-order valence-corrected chi connectivity index (χ4v) is 1.45. The Bertz CT molecular complexity index is 481. The van der Waals surface area contributed by atoms with Gasteiger partial charge in [0.05, 0.1) is 23.6 Å². The molecule has 0 amide bonds. The smallest absolute Gasteiger partial charge is 0.100 e. The SMILES string of the molecule is C=C(C#N)C(=O)[O-].CCCCCCCC/C(=C/C#N)C(=O)[O-]. The normalized spacial score (nSPS) is 9.68. The van der Waals surface area contributed by atoms with Crippen molar-refractivity contribution >= 4 is 11.9 Å². The van der Waals surface area contributed by atoms with Gasteiger partial charge in [-0.1, -0.05) is 45.6 Å². The maximum atomic E-state index is 10.5. The first-order valence-corrected chi connectivity index (χ1v) is 7.01. The molecule has 0 spiro atoms. The molecule has 0 heterocycles. The molecule has 0 aromatic rings. The number of carboxylic acid groups (broad SMARTS) is 2. The second kappa shape index (κ2) is 14.8. The van der Waals surface area contributed by atoms with Gasteiger partial charge in [0, 0.05) is 6.08 Å². The first-order chi connectivity index (χ1) is 10.4. The second-order valence-electron chi connectivity index (χ2n) is 4.48. The van der Waals surface area contributed by atoms with E-state index in [0.717, 1.165) is 25.3 Å². The minimum atomic E-state index is -1.51. The minimum Gasteiger partial charge on any atom is -0.545 e. The number of aliphatic carboxylic acids is 2. The van der Waals surface area contributed by atoms with Crippen LogP contribution in [-0.2, 0) is 9.59 Å². The molecule has 6 heteroatoms. The molecule has 0 rings (SSSR count). The lowest BCUT2D eigenvalue weighted by Crippen LogP contribution is -2.24. The molecule has 0 fully saturated rings. The number of nitrogens with zero attached hydrogens (tertiary/aromatic N) is 2. The third-order valence-corrected chi connectivity index (χ3v) is 2.68. The number of carboxylic acids is 2. The highest BCUT2D eigenvalue weighted by molar-refractivity contribution is 5.88. The summed E-state index contributed by atoms with van der Waals surface area (Å²) in [5, 5.41) is 36.1. The van der Waals surface area contributed by atoms with E-state index < -0.39 is 17.5 Å². The molecule has 0 aliphatic rings. The van der Waals surface area contributed by atoms with Gasteiger partial charge in [-0.25, -0.2) is 0 Å². The molecule has 6 nitrogen and oxygen atoms in total. The Kier molecular flexibility index (Phi) is 14.6. The van der Waals surface area contributed by atoms with Gasteiger partial charge >= 0.3 is 0 Å². The van der Waals surface area contributed by atoms with Crippen molar-refractivity contribution in [2.75, 3.05) is 0 Å². The number of allylic oxidation sites excluding steroid dienone is 1. The molecule has 0 aromatic heterocycles. The number of unbranched alkanes of at least 4 members (excludes halogenated alkanes) is 5. The summed E-state index contributed by atoms with van der Waals surface area (Å²) in [6, 6.07) is 3.04. The number of hydrogen-bond acceptors (Lipinski definition) is 6. The first kappa shape index (κ1) is 21.7. The van der Waals surface area contributed by atoms with Crippen LogP contribution in [0.1, 0.15) is 51.9 Å². The standard InChI is InChI=1S/C12H19NO2.C4H3NO2/c1-2-3-4-5-6-7-8-11(9-10-13)12(14)15;1-3(2-5)4(6)7/h9H,2-8H2,1H3,(H,14,15);1H2,(H,6,7)/p-2/b11-9-;. The van der Waals surface area contributed by atoms with Gasteiger partial charge in [-0.2, -0.15) is 10.5 Å². The highest BCUT2D eigenvalue weighted by atomic mass is 16.4. The van der Waals surface area contributed by atoms with E-state index in [0.29, 0.717) is 6.42 Å². The fourth-order valence-electron chi connectivity index (χ4n) is 1.45. The quantitative estimate of drug-likeness (QED) is 0.351. The fraction of sp³-hybridized carbons (Fsp3) is 0.500. The van der Waals surface area contributed by atoms with Crippen molar-refractivity contribution in [2.45, 2.75) is 51.9 Å². The average Bonchev–Trinajstić information content (AvgIpc) is 2.49. The van der Waals surface area contributed by atoms with Crippen molar-refractivity contribution in [2.24, 2.45) is 0 Å². The molecule has 22 heavy (non-hydrogen) atoms. The Morgan fingerprint density at radius 2 is 1.59 bits per heavy atom. The van der Waals surface area contributed by atoms with E-state index in [1.54, 1.807) is 6.07 Å². The Morgan fingerprint density at radius 1 is 1.05 bits per heavy atom. The average molecular weight is 304 g/mol. The van der Waals surface area contributed by atoms with Crippen molar-refractivity contribution in [1.29, 1.82) is 10.5 Å². The summed E-state index contributed by atoms with van der Waals surface area (Å²) < 4.78 is 0. The molecule has 0 saturated carbocycles. The van der Waals surface area contributed by atoms with Crippen molar-refractivity contribution in [3.63, 3.8) is 0 Å². The summed E-state index contributed by atoms with van der Waals surface area (Å²) in [7, 11) is 0. The van der Waals surface area contributed by atoms with E-state index in [1.165, 1.54) is 25.3 Å². The van der Waals surface area contributed by atoms with Gasteiger partial charge in [-0.05, 0) is 18.4 Å². The Balaban J connectivity index is 0. The topological polar surface area (TPSA) is 128 Å². The van der Waals surface area contributed by atoms with Crippen LogP contribution in [0.25, 0.3) is 0 Å². The summed E-state index contributed by atoms with van der Waals surface area (Å²) in [4.78, 5) is 20.0. The molecule has 0 aromatic carbocycles. The lowest BCUT2D eigenvalue weighted by molar-refractivity contribution is -0.300. The minimum absolute atomic E-state index is 0.119. The zero-order valence-electron chi connectivity index (χ0n) is 12.8. The summed E-state index contributed by atoms with van der Waals surface area (Å²) >= 11 is 0. The van der Waals surface area contributed by atoms with Gasteiger partial charge in [0.15, 0.2) is 0 Å². The summed E-state index contributed by atoms with van der Waals surface area (Å²) in [6.07, 6.45) is 8.16. The largest absolute Gasteiger partial charge is 0.545 e. The van der Waals surface area contributed by atoms with Crippen LogP contribution >= 0.6 is 0 Å². The van der Waals surface area contributed by atoms with Crippen LogP contribution in [0, 0.1) is 22.7 Å². The van der Waals surface area contributed by atoms with E-state index in [9.17, 15) is 19.8 Å². The molecule has 0 aliphatic carbocycles. The zero-order valence-corrected chi connectivity index (χ0v) is 12.8. The number of carbonyl (C=O) groups excluding carboxylic acids is 2. The molecular weight excluding hydrogens is 284 g/mol. The molecule has 120 valence electrons. The van der Waals surface area contributed by atoms with Gasteiger partial charge in [0.25, 0.3) is 0 Å². The predicted molar refractivity (Wildman–Crippen MR) is 76.5 cm³/mol. The van der Waals surface area contributed by atoms with Gasteiger partial charge in [-0.3, -0.25) is 0 Å². The van der Waals surface area contributed by atoms with Crippen molar-refractivity contribution in [3.8, 4) is 12.1 Å². The third-order valence-electron chi connectivity index (χ3n) is 2.68. The van der Waals surface area contributed by atoms with Gasteiger partial charge in [0.2, 0.25) is 0 Å². The lowest BCUT2D eigenvalue weighted by atomic mass is 10.1. The Morgan fingerprint density at radius 3 is 1.95 bits per heavy atom. The van der Waals surface area contributed by atoms with Crippen molar-refractivity contribution < 1.29 is 19.8 Å². The van der Waals surface area contributed by atoms with Crippen molar-refractivity contribution in [3.05, 3.63) is 23.8 Å². The Labute approximate surface area is 131 Å². The van der Waals surface area contributed by atoms with Crippen LogP contribution in [0.15, 0.2) is 23.8 Å². The number of carbonyl (C=O) groups is 2. The first-order valence-electron chi connectivity index (χ1n) is 7.01. The molecule has 0 aliphatic heterocycles. The highest BCUT2D eigenvalue weighted by Gasteiger charge is 1.98. The van der Waals surface area contributed by atoms with Crippen LogP contribution in [-0.4, -0.2) is 11.9 Å². The number of hydrogen-bond donors (Lipinski definition) is 0. The zero-order chi connectivity index (χ0) is 17.4. The van der Waals surface area contributed by atoms with Crippen LogP contribution < -0.4 is 10.2 Å². The lowest BCUT2D eigenvalue weighted by Gasteiger charge is -2.06. The van der Waals surface area contributed by atoms with Crippen LogP contribution in [0.5, 0.6) is 0 Å². The van der Waals surface area contributed by atoms with E-state index in [1.807, 2.05) is 0 Å². The number of nitriles is 2. The van der Waals surface area contributed by atoms with E-state index in [-0.39, 0.29) is 5.57 Å². The summed E-state index contributed by atoms with van der Waals surface area (Å²) in [5.41, 5.74) is -0.423. The van der Waals surface area contributed by atoms with E-state index >= 15 is 0 Å². The molecule has 0 bridgehead atoms. The van der Waals surface area contributed by atoms with Gasteiger partial charge in [0.1, 0.15) is 6.07 Å². The van der Waals surface area contributed by atoms with Crippen molar-refractivity contribution in [1.82, 2.24) is 0 Å².